The molecule has 7 nitrogen and oxygen atoms in total. The average Bonchev–Trinajstić information content (AvgIpc) is 3.44. The van der Waals surface area contributed by atoms with Gasteiger partial charge in [0.05, 0.1) is 28.8 Å². The highest BCUT2D eigenvalue weighted by molar-refractivity contribution is 6.30. The zero-order valence-corrected chi connectivity index (χ0v) is 25.9. The minimum Gasteiger partial charge on any atom is -0.269 e. The van der Waals surface area contributed by atoms with Gasteiger partial charge in [-0.25, -0.2) is 4.90 Å². The third-order valence-electron chi connectivity index (χ3n) is 9.74. The first-order valence-electron chi connectivity index (χ1n) is 15.2. The fourth-order valence-electron chi connectivity index (χ4n) is 5.94. The van der Waals surface area contributed by atoms with Crippen molar-refractivity contribution in [3.8, 4) is 11.1 Å². The lowest BCUT2D eigenvalue weighted by molar-refractivity contribution is 0.0434. The molecule has 0 aromatic heterocycles. The molecule has 0 fully saturated rings. The molecule has 0 N–H and O–H groups in total. The highest BCUT2D eigenvalue weighted by atomic mass is 16.2. The third-order valence-corrected chi connectivity index (χ3v) is 9.74. The molecule has 3 aromatic carbocycles. The van der Waals surface area contributed by atoms with E-state index in [-0.39, 0.29) is 17.7 Å². The number of carbonyl (C=O) groups is 4. The number of amidine groups is 1. The summed E-state index contributed by atoms with van der Waals surface area (Å²) in [6, 6.07) is 20.2. The quantitative estimate of drug-likeness (QED) is 0.149. The fraction of sp³-hybridized carbons (Fsp3) is 0.361. The second-order valence-electron chi connectivity index (χ2n) is 12.0. The summed E-state index contributed by atoms with van der Waals surface area (Å²) in [7, 11) is 0. The maximum Gasteiger partial charge on any atom is 0.267 e. The maximum atomic E-state index is 13.9. The molecule has 7 heteroatoms. The number of rotatable bonds is 9. The van der Waals surface area contributed by atoms with Crippen molar-refractivity contribution in [2.45, 2.75) is 79.3 Å². The Hall–Kier alpha value is -4.39. The third kappa shape index (κ3) is 4.90. The topological polar surface area (TPSA) is 87.1 Å². The number of fused-ring (bicyclic) bond motifs is 2. The Morgan fingerprint density at radius 3 is 1.65 bits per heavy atom. The van der Waals surface area contributed by atoms with Crippen LogP contribution in [0.25, 0.3) is 11.1 Å². The number of hydrogen-bond acceptors (Lipinski definition) is 5. The number of carbonyl (C=O) groups excluding carboxylic acids is 4. The van der Waals surface area contributed by atoms with E-state index in [9.17, 15) is 19.2 Å². The number of imide groups is 2. The van der Waals surface area contributed by atoms with Gasteiger partial charge < -0.3 is 0 Å². The van der Waals surface area contributed by atoms with E-state index in [2.05, 4.69) is 0 Å². The SMILES string of the molecule is CCC(C)(CC)C(=NCc1ccccc1)N1C(=O)c2ccc(-c3ccc4c(c3)C(=O)N(C(C)(CC)CC)C4=O)cc2C1=O. The molecule has 2 aliphatic heterocycles. The van der Waals surface area contributed by atoms with Gasteiger partial charge in [-0.05, 0) is 73.6 Å². The molecule has 0 bridgehead atoms. The number of benzene rings is 3. The Bertz CT molecular complexity index is 1650. The number of hydrogen-bond donors (Lipinski definition) is 0. The fourth-order valence-corrected chi connectivity index (χ4v) is 5.94. The molecule has 0 unspecified atom stereocenters. The predicted molar refractivity (Wildman–Crippen MR) is 168 cm³/mol. The first-order chi connectivity index (χ1) is 20.5. The monoisotopic (exact) mass is 577 g/mol. The zero-order chi connectivity index (χ0) is 31.1. The first-order valence-corrected chi connectivity index (χ1v) is 15.2. The van der Waals surface area contributed by atoms with Crippen LogP contribution >= 0.6 is 0 Å². The van der Waals surface area contributed by atoms with Crippen LogP contribution in [0, 0.1) is 5.41 Å². The van der Waals surface area contributed by atoms with Crippen molar-refractivity contribution in [3.63, 3.8) is 0 Å². The molecule has 4 amide bonds. The molecule has 0 atom stereocenters. The first kappa shape index (κ1) is 30.1. The number of amides is 4. The molecule has 0 saturated carbocycles. The van der Waals surface area contributed by atoms with Crippen LogP contribution in [-0.4, -0.2) is 44.8 Å². The standard InChI is InChI=1S/C36H39N3O4/c1-7-35(5,8-2)34(37-22-23-14-12-11-13-15-23)38-30(40)26-18-16-24(20-28(26)31(38)41)25-17-19-27-29(21-25)33(43)39(32(27)42)36(6,9-3)10-4/h11-21H,7-10,22H2,1-6H3. The largest absolute Gasteiger partial charge is 0.269 e. The predicted octanol–water partition coefficient (Wildman–Crippen LogP) is 7.55. The maximum absolute atomic E-state index is 13.9. The van der Waals surface area contributed by atoms with Gasteiger partial charge in [-0.1, -0.05) is 77.1 Å². The van der Waals surface area contributed by atoms with Crippen molar-refractivity contribution in [1.82, 2.24) is 9.80 Å². The van der Waals surface area contributed by atoms with Crippen molar-refractivity contribution < 1.29 is 19.2 Å². The molecule has 0 aliphatic carbocycles. The van der Waals surface area contributed by atoms with Crippen molar-refractivity contribution in [2.24, 2.45) is 10.4 Å². The van der Waals surface area contributed by atoms with Gasteiger partial charge >= 0.3 is 0 Å². The minimum atomic E-state index is -0.567. The normalized spacial score (nSPS) is 15.4. The van der Waals surface area contributed by atoms with Crippen LogP contribution < -0.4 is 0 Å². The van der Waals surface area contributed by atoms with Crippen molar-refractivity contribution in [1.29, 1.82) is 0 Å². The molecule has 2 aliphatic rings. The van der Waals surface area contributed by atoms with Crippen molar-refractivity contribution >= 4 is 29.5 Å². The van der Waals surface area contributed by atoms with Crippen LogP contribution in [0.15, 0.2) is 71.7 Å². The van der Waals surface area contributed by atoms with E-state index in [1.165, 1.54) is 9.80 Å². The second kappa shape index (κ2) is 11.4. The Balaban J connectivity index is 1.51. The number of aliphatic imine (C=N–C) groups is 1. The van der Waals surface area contributed by atoms with Crippen LogP contribution in [-0.2, 0) is 6.54 Å². The van der Waals surface area contributed by atoms with Gasteiger partial charge in [0.25, 0.3) is 23.6 Å². The summed E-state index contributed by atoms with van der Waals surface area (Å²) in [6.07, 6.45) is 2.74. The highest BCUT2D eigenvalue weighted by Gasteiger charge is 2.46. The van der Waals surface area contributed by atoms with Crippen LogP contribution in [0.3, 0.4) is 0 Å². The minimum absolute atomic E-state index is 0.277. The Morgan fingerprint density at radius 2 is 1.12 bits per heavy atom. The molecular formula is C36H39N3O4. The Morgan fingerprint density at radius 1 is 0.628 bits per heavy atom. The Kier molecular flexibility index (Phi) is 7.95. The summed E-state index contributed by atoms with van der Waals surface area (Å²) < 4.78 is 0. The van der Waals surface area contributed by atoms with Gasteiger partial charge in [0.2, 0.25) is 0 Å². The summed E-state index contributed by atoms with van der Waals surface area (Å²) in [4.78, 5) is 61.9. The van der Waals surface area contributed by atoms with Crippen LogP contribution in [0.4, 0.5) is 0 Å². The number of nitrogens with zero attached hydrogens (tertiary/aromatic N) is 3. The molecule has 222 valence electrons. The summed E-state index contributed by atoms with van der Waals surface area (Å²) in [5.74, 6) is -0.882. The summed E-state index contributed by atoms with van der Waals surface area (Å²) >= 11 is 0. The lowest BCUT2D eigenvalue weighted by Gasteiger charge is -2.35. The lowest BCUT2D eigenvalue weighted by atomic mass is 9.82. The van der Waals surface area contributed by atoms with Gasteiger partial charge in [-0.2, -0.15) is 0 Å². The average molecular weight is 578 g/mol. The van der Waals surface area contributed by atoms with Crippen molar-refractivity contribution in [2.75, 3.05) is 0 Å². The summed E-state index contributed by atoms with van der Waals surface area (Å²) in [6.45, 7) is 12.4. The lowest BCUT2D eigenvalue weighted by Crippen LogP contribution is -2.48. The zero-order valence-electron chi connectivity index (χ0n) is 25.9. The van der Waals surface area contributed by atoms with Gasteiger partial charge in [0, 0.05) is 11.0 Å². The van der Waals surface area contributed by atoms with E-state index in [0.29, 0.717) is 71.4 Å². The molecule has 43 heavy (non-hydrogen) atoms. The molecule has 5 rings (SSSR count). The van der Waals surface area contributed by atoms with E-state index in [1.807, 2.05) is 71.9 Å². The van der Waals surface area contributed by atoms with Crippen LogP contribution in [0.1, 0.15) is 114 Å². The van der Waals surface area contributed by atoms with Crippen LogP contribution in [0.2, 0.25) is 0 Å². The Labute approximate surface area is 253 Å². The van der Waals surface area contributed by atoms with Gasteiger partial charge in [-0.15, -0.1) is 0 Å². The van der Waals surface area contributed by atoms with E-state index in [4.69, 9.17) is 4.99 Å². The van der Waals surface area contributed by atoms with E-state index >= 15 is 0 Å². The molecule has 0 spiro atoms. The molecule has 0 saturated heterocycles. The summed E-state index contributed by atoms with van der Waals surface area (Å²) in [5.41, 5.74) is 2.72. The molecule has 0 radical (unpaired) electrons. The van der Waals surface area contributed by atoms with Crippen molar-refractivity contribution in [3.05, 3.63) is 94.5 Å². The second-order valence-corrected chi connectivity index (χ2v) is 12.0. The molecular weight excluding hydrogens is 538 g/mol. The van der Waals surface area contributed by atoms with Gasteiger partial charge in [0.1, 0.15) is 5.84 Å². The van der Waals surface area contributed by atoms with Crippen LogP contribution in [0.5, 0.6) is 0 Å². The van der Waals surface area contributed by atoms with E-state index in [0.717, 1.165) is 5.56 Å². The molecule has 2 heterocycles. The smallest absolute Gasteiger partial charge is 0.267 e. The summed E-state index contributed by atoms with van der Waals surface area (Å²) in [5, 5.41) is 0. The highest BCUT2D eigenvalue weighted by Crippen LogP contribution is 2.38. The van der Waals surface area contributed by atoms with E-state index < -0.39 is 16.9 Å². The van der Waals surface area contributed by atoms with Gasteiger partial charge in [0.15, 0.2) is 0 Å². The van der Waals surface area contributed by atoms with Gasteiger partial charge in [-0.3, -0.25) is 29.1 Å². The van der Waals surface area contributed by atoms with E-state index in [1.54, 1.807) is 36.4 Å². The molecule has 3 aromatic rings.